The molecule has 32 heavy (non-hydrogen) atoms. The van der Waals surface area contributed by atoms with Crippen LogP contribution in [0.2, 0.25) is 10.0 Å². The van der Waals surface area contributed by atoms with Crippen LogP contribution in [-0.2, 0) is 11.0 Å². The van der Waals surface area contributed by atoms with E-state index in [2.05, 4.69) is 10.2 Å². The van der Waals surface area contributed by atoms with Gasteiger partial charge in [-0.2, -0.15) is 13.2 Å². The zero-order chi connectivity index (χ0) is 23.1. The van der Waals surface area contributed by atoms with Gasteiger partial charge in [-0.25, -0.2) is 0 Å². The Morgan fingerprint density at radius 2 is 1.62 bits per heavy atom. The molecule has 2 aromatic rings. The van der Waals surface area contributed by atoms with Gasteiger partial charge < -0.3 is 14.8 Å². The second kappa shape index (κ2) is 11.1. The highest BCUT2D eigenvalue weighted by atomic mass is 35.5. The maximum Gasteiger partial charge on any atom is 0.416 e. The molecule has 1 amide bonds. The number of rotatable bonds is 8. The average Bonchev–Trinajstić information content (AvgIpc) is 2.74. The Morgan fingerprint density at radius 3 is 2.28 bits per heavy atom. The lowest BCUT2D eigenvalue weighted by Crippen LogP contribution is -2.33. The van der Waals surface area contributed by atoms with Gasteiger partial charge in [0.2, 0.25) is 0 Å². The summed E-state index contributed by atoms with van der Waals surface area (Å²) < 4.78 is 49.0. The highest BCUT2D eigenvalue weighted by Gasteiger charge is 2.31. The summed E-state index contributed by atoms with van der Waals surface area (Å²) in [5, 5.41) is 2.73. The topological polar surface area (TPSA) is 50.8 Å². The monoisotopic (exact) mass is 490 g/mol. The summed E-state index contributed by atoms with van der Waals surface area (Å²) in [7, 11) is 0. The van der Waals surface area contributed by atoms with E-state index in [-0.39, 0.29) is 10.8 Å². The average molecular weight is 491 g/mol. The van der Waals surface area contributed by atoms with Crippen LogP contribution in [0, 0.1) is 0 Å². The minimum absolute atomic E-state index is 0.0229. The number of anilines is 1. The van der Waals surface area contributed by atoms with Gasteiger partial charge in [0.1, 0.15) is 18.1 Å². The first-order valence-corrected chi connectivity index (χ1v) is 10.9. The smallest absolute Gasteiger partial charge is 0.416 e. The van der Waals surface area contributed by atoms with Gasteiger partial charge in [-0.1, -0.05) is 29.6 Å². The molecule has 0 radical (unpaired) electrons. The van der Waals surface area contributed by atoms with Gasteiger partial charge in [-0.15, -0.1) is 0 Å². The Bertz CT molecular complexity index is 935. The number of halogens is 5. The first-order valence-electron chi connectivity index (χ1n) is 10.2. The van der Waals surface area contributed by atoms with E-state index in [1.807, 2.05) is 0 Å². The lowest BCUT2D eigenvalue weighted by atomic mass is 10.1. The van der Waals surface area contributed by atoms with Crippen LogP contribution in [0.25, 0.3) is 0 Å². The molecule has 5 nitrogen and oxygen atoms in total. The summed E-state index contributed by atoms with van der Waals surface area (Å²) >= 11 is 12.1. The van der Waals surface area contributed by atoms with Gasteiger partial charge in [0.25, 0.3) is 5.91 Å². The van der Waals surface area contributed by atoms with Gasteiger partial charge in [-0.05, 0) is 62.3 Å². The number of carbonyl (C=O) groups is 1. The molecule has 1 aliphatic rings. The molecule has 2 aromatic carbocycles. The fourth-order valence-corrected chi connectivity index (χ4v) is 3.77. The molecule has 1 N–H and O–H groups in total. The molecule has 0 atom stereocenters. The van der Waals surface area contributed by atoms with Gasteiger partial charge in [0.15, 0.2) is 6.61 Å². The third-order valence-electron chi connectivity index (χ3n) is 4.95. The van der Waals surface area contributed by atoms with Crippen molar-refractivity contribution in [3.63, 3.8) is 0 Å². The van der Waals surface area contributed by atoms with Crippen LogP contribution in [0.4, 0.5) is 18.9 Å². The lowest BCUT2D eigenvalue weighted by Gasteiger charge is -2.26. The quantitative estimate of drug-likeness (QED) is 0.500. The highest BCUT2D eigenvalue weighted by Crippen LogP contribution is 2.34. The van der Waals surface area contributed by atoms with Gasteiger partial charge in [0, 0.05) is 12.2 Å². The molecule has 10 heteroatoms. The number of amides is 1. The second-order valence-corrected chi connectivity index (χ2v) is 8.19. The second-order valence-electron chi connectivity index (χ2n) is 7.38. The Hall–Kier alpha value is -2.16. The lowest BCUT2D eigenvalue weighted by molar-refractivity contribution is -0.137. The molecule has 1 aliphatic heterocycles. The van der Waals surface area contributed by atoms with Crippen molar-refractivity contribution in [2.45, 2.75) is 25.4 Å². The van der Waals surface area contributed by atoms with Crippen molar-refractivity contribution in [2.24, 2.45) is 0 Å². The molecule has 0 unspecified atom stereocenters. The maximum atomic E-state index is 12.7. The molecule has 174 valence electrons. The summed E-state index contributed by atoms with van der Waals surface area (Å²) in [5.74, 6) is -0.0180. The zero-order valence-electron chi connectivity index (χ0n) is 17.2. The number of hydrogen-bond donors (Lipinski definition) is 1. The predicted molar refractivity (Wildman–Crippen MR) is 118 cm³/mol. The van der Waals surface area contributed by atoms with E-state index < -0.39 is 24.3 Å². The molecule has 1 saturated heterocycles. The van der Waals surface area contributed by atoms with Crippen molar-refractivity contribution in [3.05, 3.63) is 52.0 Å². The highest BCUT2D eigenvalue weighted by molar-refractivity contribution is 6.32. The summed E-state index contributed by atoms with van der Waals surface area (Å²) in [6.45, 7) is 3.09. The third kappa shape index (κ3) is 7.18. The molecule has 0 saturated carbocycles. The molecule has 3 rings (SSSR count). The van der Waals surface area contributed by atoms with Crippen molar-refractivity contribution in [1.82, 2.24) is 4.90 Å². The van der Waals surface area contributed by atoms with E-state index in [1.165, 1.54) is 19.3 Å². The molecule has 0 bridgehead atoms. The van der Waals surface area contributed by atoms with E-state index in [0.717, 1.165) is 37.8 Å². The number of nitrogens with zero attached hydrogens (tertiary/aromatic N) is 1. The summed E-state index contributed by atoms with van der Waals surface area (Å²) in [6, 6.07) is 7.53. The molecule has 0 spiro atoms. The van der Waals surface area contributed by atoms with Gasteiger partial charge >= 0.3 is 6.18 Å². The fourth-order valence-electron chi connectivity index (χ4n) is 3.30. The first-order chi connectivity index (χ1) is 15.2. The minimum atomic E-state index is -4.51. The van der Waals surface area contributed by atoms with Crippen molar-refractivity contribution in [2.75, 3.05) is 38.2 Å². The van der Waals surface area contributed by atoms with Crippen molar-refractivity contribution in [1.29, 1.82) is 0 Å². The number of piperidine rings is 1. The van der Waals surface area contributed by atoms with Crippen LogP contribution in [0.1, 0.15) is 24.8 Å². The number of likely N-dealkylation sites (tertiary alicyclic amines) is 1. The van der Waals surface area contributed by atoms with Crippen LogP contribution in [0.3, 0.4) is 0 Å². The number of nitrogens with one attached hydrogen (secondary N) is 1. The predicted octanol–water partition coefficient (Wildman–Crippen LogP) is 5.89. The summed E-state index contributed by atoms with van der Waals surface area (Å²) in [4.78, 5) is 14.5. The molecule has 1 heterocycles. The Morgan fingerprint density at radius 1 is 0.969 bits per heavy atom. The Labute approximate surface area is 194 Å². The van der Waals surface area contributed by atoms with E-state index in [1.54, 1.807) is 18.2 Å². The van der Waals surface area contributed by atoms with E-state index in [9.17, 15) is 18.0 Å². The molecular formula is C22H23Cl2F3N2O3. The largest absolute Gasteiger partial charge is 0.491 e. The van der Waals surface area contributed by atoms with Crippen molar-refractivity contribution in [3.8, 4) is 11.5 Å². The zero-order valence-corrected chi connectivity index (χ0v) is 18.7. The Kier molecular flexibility index (Phi) is 8.51. The SMILES string of the molecule is O=C(COc1ccc(C(F)(F)F)cc1Cl)Nc1ccc(OCCN2CCCCC2)c(Cl)c1. The number of ether oxygens (including phenoxy) is 2. The van der Waals surface area contributed by atoms with Crippen LogP contribution >= 0.6 is 23.2 Å². The van der Waals surface area contributed by atoms with Crippen LogP contribution < -0.4 is 14.8 Å². The number of benzene rings is 2. The first kappa shape index (κ1) is 24.5. The molecule has 0 aromatic heterocycles. The molecule has 0 aliphatic carbocycles. The van der Waals surface area contributed by atoms with Crippen LogP contribution in [0.5, 0.6) is 11.5 Å². The normalized spacial score (nSPS) is 14.8. The van der Waals surface area contributed by atoms with E-state index in [0.29, 0.717) is 23.1 Å². The molecular weight excluding hydrogens is 468 g/mol. The van der Waals surface area contributed by atoms with Gasteiger partial charge in [0.05, 0.1) is 15.6 Å². The van der Waals surface area contributed by atoms with E-state index in [4.69, 9.17) is 32.7 Å². The fraction of sp³-hybridized carbons (Fsp3) is 0.409. The number of alkyl halides is 3. The minimum Gasteiger partial charge on any atom is -0.491 e. The van der Waals surface area contributed by atoms with Crippen molar-refractivity contribution >= 4 is 34.8 Å². The maximum absolute atomic E-state index is 12.7. The number of hydrogen-bond acceptors (Lipinski definition) is 4. The van der Waals surface area contributed by atoms with Crippen LogP contribution in [0.15, 0.2) is 36.4 Å². The van der Waals surface area contributed by atoms with Crippen LogP contribution in [-0.4, -0.2) is 43.7 Å². The summed E-state index contributed by atoms with van der Waals surface area (Å²) in [6.07, 6.45) is -0.811. The third-order valence-corrected chi connectivity index (χ3v) is 5.54. The van der Waals surface area contributed by atoms with Crippen molar-refractivity contribution < 1.29 is 27.4 Å². The van der Waals surface area contributed by atoms with E-state index >= 15 is 0 Å². The summed E-state index contributed by atoms with van der Waals surface area (Å²) in [5.41, 5.74) is -0.460. The number of carbonyl (C=O) groups excluding carboxylic acids is 1. The standard InChI is InChI=1S/C22H23Cl2F3N2O3/c23-17-12-15(22(25,26)27)4-6-20(17)32-14-21(30)28-16-5-7-19(18(24)13-16)31-11-10-29-8-2-1-3-9-29/h4-7,12-13H,1-3,8-11,14H2,(H,28,30). The van der Waals surface area contributed by atoms with Gasteiger partial charge in [-0.3, -0.25) is 9.69 Å². The Balaban J connectivity index is 1.47. The molecule has 1 fully saturated rings.